The Morgan fingerprint density at radius 1 is 0.176 bits per heavy atom. The fourth-order valence-corrected chi connectivity index (χ4v) is 17.1. The van der Waals surface area contributed by atoms with Gasteiger partial charge in [0.05, 0.1) is 66.9 Å². The van der Waals surface area contributed by atoms with Crippen molar-refractivity contribution in [3.8, 4) is 102 Å². The first-order valence-corrected chi connectivity index (χ1v) is 36.6. The molecule has 0 spiro atoms. The lowest BCUT2D eigenvalue weighted by molar-refractivity contribution is 1.08. The number of hydrogen-bond acceptors (Lipinski definition) is 5. The standard InChI is InChI=1S/C99H61N9/c1-6-27-62(28-7-1)96-100-82(61-83(101-96)72-45-25-46-74-70(72)44-26-50-85(74)107-86-48-22-19-42-80(86)92-89(107)57-53-77-75-41-18-21-47-84(75)105(94(77)92)68-35-12-4-13-36-68)67-34-24-33-65(59-67)66-51-52-76-78-54-58-90-93(95(78)106(91(76)60-66)69-37-14-5-15-38-69)81-43-20-23-49-87(81)108(90)88-56-55-79(71-39-16-17-40-73(71)88)99-103-97(63-29-8-2-9-30-63)102-98(104-99)64-31-10-3-11-32-64/h1-61H. The van der Waals surface area contributed by atoms with Crippen molar-refractivity contribution < 1.29 is 0 Å². The highest BCUT2D eigenvalue weighted by Gasteiger charge is 2.27. The lowest BCUT2D eigenvalue weighted by Gasteiger charge is -2.15. The number of rotatable bonds is 11. The fourth-order valence-electron chi connectivity index (χ4n) is 17.1. The highest BCUT2D eigenvalue weighted by Crippen LogP contribution is 2.48. The van der Waals surface area contributed by atoms with Gasteiger partial charge in [-0.25, -0.2) is 24.9 Å². The third kappa shape index (κ3) is 9.55. The Labute approximate surface area is 620 Å². The molecule has 16 aromatic carbocycles. The Balaban J connectivity index is 0.683. The molecule has 6 heterocycles. The summed E-state index contributed by atoms with van der Waals surface area (Å²) >= 11 is 0. The van der Waals surface area contributed by atoms with Crippen LogP contribution in [0.15, 0.2) is 370 Å². The van der Waals surface area contributed by atoms with Crippen molar-refractivity contribution in [2.75, 3.05) is 0 Å². The van der Waals surface area contributed by atoms with Crippen molar-refractivity contribution in [1.29, 1.82) is 0 Å². The zero-order valence-electron chi connectivity index (χ0n) is 58.2. The van der Waals surface area contributed by atoms with Crippen LogP contribution in [0.5, 0.6) is 0 Å². The van der Waals surface area contributed by atoms with Crippen LogP contribution in [0.3, 0.4) is 0 Å². The van der Waals surface area contributed by atoms with Crippen molar-refractivity contribution in [3.63, 3.8) is 0 Å². The van der Waals surface area contributed by atoms with Crippen molar-refractivity contribution in [2.45, 2.75) is 0 Å². The van der Waals surface area contributed by atoms with Gasteiger partial charge in [-0.1, -0.05) is 279 Å². The molecule has 0 saturated carbocycles. The van der Waals surface area contributed by atoms with E-state index in [2.05, 4.69) is 346 Å². The molecule has 0 amide bonds. The molecule has 0 unspecified atom stereocenters. The normalized spacial score (nSPS) is 11.9. The smallest absolute Gasteiger partial charge is 0.164 e. The van der Waals surface area contributed by atoms with Crippen LogP contribution in [0.25, 0.3) is 211 Å². The Hall–Kier alpha value is -14.7. The third-order valence-corrected chi connectivity index (χ3v) is 21.8. The van der Waals surface area contributed by atoms with E-state index >= 15 is 0 Å². The second-order valence-electron chi connectivity index (χ2n) is 27.8. The first-order valence-electron chi connectivity index (χ1n) is 36.6. The van der Waals surface area contributed by atoms with Gasteiger partial charge < -0.3 is 18.3 Å². The number of benzene rings is 16. The van der Waals surface area contributed by atoms with E-state index in [1.807, 2.05) is 42.5 Å². The van der Waals surface area contributed by atoms with E-state index in [0.717, 1.165) is 144 Å². The molecular formula is C99H61N9. The van der Waals surface area contributed by atoms with Crippen LogP contribution in [0.4, 0.5) is 0 Å². The van der Waals surface area contributed by atoms with Crippen LogP contribution in [0.1, 0.15) is 0 Å². The molecule has 22 aromatic rings. The summed E-state index contributed by atoms with van der Waals surface area (Å²) in [6, 6.07) is 133. The highest BCUT2D eigenvalue weighted by molar-refractivity contribution is 6.28. The van der Waals surface area contributed by atoms with Gasteiger partial charge in [0, 0.05) is 98.6 Å². The predicted octanol–water partition coefficient (Wildman–Crippen LogP) is 25.0. The van der Waals surface area contributed by atoms with Crippen LogP contribution in [0.2, 0.25) is 0 Å². The Morgan fingerprint density at radius 3 is 1.16 bits per heavy atom. The van der Waals surface area contributed by atoms with Gasteiger partial charge in [0.15, 0.2) is 23.3 Å². The minimum atomic E-state index is 0.614. The van der Waals surface area contributed by atoms with Crippen LogP contribution in [-0.2, 0) is 0 Å². The molecule has 0 aliphatic carbocycles. The quantitative estimate of drug-likeness (QED) is 0.129. The van der Waals surface area contributed by atoms with Crippen molar-refractivity contribution in [3.05, 3.63) is 370 Å². The molecule has 0 radical (unpaired) electrons. The Kier molecular flexibility index (Phi) is 13.8. The maximum atomic E-state index is 5.49. The molecule has 9 heteroatoms. The zero-order valence-corrected chi connectivity index (χ0v) is 58.2. The molecule has 22 rings (SSSR count). The molecule has 0 saturated heterocycles. The maximum Gasteiger partial charge on any atom is 0.164 e. The SMILES string of the molecule is c1ccc(-c2nc(-c3cccc(-c4ccc5c6ccc7c(c8ccccc8n7-c7ccc(-c8nc(-c9ccccc9)nc(-c9ccccc9)n8)c8ccccc78)c6n(-c6ccccc6)c5c4)c3)cc(-c3cccc4c(-n5c6ccccc6c6c5ccc5c7ccccc7n(-c7ccccc7)c56)cccc34)n2)cc1. The van der Waals surface area contributed by atoms with Crippen LogP contribution in [0, 0.1) is 0 Å². The molecule has 502 valence electrons. The van der Waals surface area contributed by atoms with Gasteiger partial charge in [-0.15, -0.1) is 0 Å². The number of aromatic nitrogens is 9. The molecule has 0 atom stereocenters. The maximum absolute atomic E-state index is 5.49. The van der Waals surface area contributed by atoms with Gasteiger partial charge in [0.25, 0.3) is 0 Å². The van der Waals surface area contributed by atoms with Crippen molar-refractivity contribution in [1.82, 2.24) is 43.2 Å². The van der Waals surface area contributed by atoms with E-state index in [-0.39, 0.29) is 0 Å². The first-order chi connectivity index (χ1) is 53.6. The average molecular weight is 1380 g/mol. The third-order valence-electron chi connectivity index (χ3n) is 21.8. The summed E-state index contributed by atoms with van der Waals surface area (Å²) in [5.74, 6) is 2.52. The molecule has 0 bridgehead atoms. The van der Waals surface area contributed by atoms with Gasteiger partial charge in [-0.2, -0.15) is 0 Å². The fraction of sp³-hybridized carbons (Fsp3) is 0. The molecule has 6 aromatic heterocycles. The lowest BCUT2D eigenvalue weighted by Crippen LogP contribution is -2.01. The van der Waals surface area contributed by atoms with E-state index in [1.165, 1.54) is 43.4 Å². The number of nitrogens with zero attached hydrogens (tertiary/aromatic N) is 9. The summed E-state index contributed by atoms with van der Waals surface area (Å²) in [5, 5.41) is 13.9. The molecule has 0 aliphatic heterocycles. The van der Waals surface area contributed by atoms with Gasteiger partial charge in [0.2, 0.25) is 0 Å². The second-order valence-corrected chi connectivity index (χ2v) is 27.8. The van der Waals surface area contributed by atoms with Gasteiger partial charge in [-0.3, -0.25) is 0 Å². The highest BCUT2D eigenvalue weighted by atomic mass is 15.1. The average Bonchev–Trinajstić information content (AvgIpc) is 1.54. The predicted molar refractivity (Wildman–Crippen MR) is 446 cm³/mol. The zero-order chi connectivity index (χ0) is 70.9. The van der Waals surface area contributed by atoms with Crippen molar-refractivity contribution in [2.24, 2.45) is 0 Å². The summed E-state index contributed by atoms with van der Waals surface area (Å²) in [6.45, 7) is 0. The topological polar surface area (TPSA) is 84.2 Å². The van der Waals surface area contributed by atoms with Crippen LogP contribution >= 0.6 is 0 Å². The minimum absolute atomic E-state index is 0.614. The molecule has 0 aliphatic rings. The van der Waals surface area contributed by atoms with Crippen molar-refractivity contribution >= 4 is 109 Å². The van der Waals surface area contributed by atoms with E-state index in [9.17, 15) is 0 Å². The second kappa shape index (κ2) is 24.5. The van der Waals surface area contributed by atoms with E-state index in [4.69, 9.17) is 24.9 Å². The van der Waals surface area contributed by atoms with Gasteiger partial charge in [0.1, 0.15) is 0 Å². The number of hydrogen-bond donors (Lipinski definition) is 0. The Bertz CT molecular complexity index is 7340. The van der Waals surface area contributed by atoms with Crippen LogP contribution < -0.4 is 0 Å². The largest absolute Gasteiger partial charge is 0.309 e. The molecule has 9 nitrogen and oxygen atoms in total. The van der Waals surface area contributed by atoms with Gasteiger partial charge in [-0.05, 0) is 113 Å². The summed E-state index contributed by atoms with van der Waals surface area (Å²) < 4.78 is 9.86. The molecule has 0 fully saturated rings. The number of fused-ring (bicyclic) bond motifs is 16. The Morgan fingerprint density at radius 2 is 0.565 bits per heavy atom. The van der Waals surface area contributed by atoms with E-state index < -0.39 is 0 Å². The summed E-state index contributed by atoms with van der Waals surface area (Å²) in [4.78, 5) is 26.4. The number of para-hydroxylation sites is 5. The summed E-state index contributed by atoms with van der Waals surface area (Å²) in [7, 11) is 0. The minimum Gasteiger partial charge on any atom is -0.309 e. The monoisotopic (exact) mass is 1380 g/mol. The molecule has 0 N–H and O–H groups in total. The lowest BCUT2D eigenvalue weighted by atomic mass is 9.97. The first kappa shape index (κ1) is 60.9. The van der Waals surface area contributed by atoms with Gasteiger partial charge >= 0.3 is 0 Å². The molecule has 108 heavy (non-hydrogen) atoms. The summed E-state index contributed by atoms with van der Waals surface area (Å²) in [5.41, 5.74) is 23.0. The summed E-state index contributed by atoms with van der Waals surface area (Å²) in [6.07, 6.45) is 0. The van der Waals surface area contributed by atoms with E-state index in [0.29, 0.717) is 23.3 Å². The molecular weight excluding hydrogens is 1320 g/mol. The van der Waals surface area contributed by atoms with E-state index in [1.54, 1.807) is 0 Å². The van der Waals surface area contributed by atoms with Crippen LogP contribution in [-0.4, -0.2) is 43.2 Å².